The maximum Gasteiger partial charge on any atom is 0.297 e. The molecule has 6 aliphatic rings. The Morgan fingerprint density at radius 1 is 0.518 bits per heavy atom. The van der Waals surface area contributed by atoms with Gasteiger partial charge in [0.2, 0.25) is 11.6 Å². The number of hydrogen-bond donors (Lipinski definition) is 0. The molecule has 18 heteroatoms. The van der Waals surface area contributed by atoms with Crippen LogP contribution in [0.1, 0.15) is 66.5 Å². The molecule has 0 spiro atoms. The van der Waals surface area contributed by atoms with Crippen molar-refractivity contribution in [3.63, 3.8) is 0 Å². The molecule has 0 aromatic heterocycles. The molecule has 0 saturated carbocycles. The number of ether oxygens (including phenoxy) is 10. The Morgan fingerprint density at radius 2 is 0.857 bits per heavy atom. The summed E-state index contributed by atoms with van der Waals surface area (Å²) in [5.74, 6) is -6.39. The maximum absolute atomic E-state index is 12.6. The van der Waals surface area contributed by atoms with Crippen LogP contribution in [0, 0.1) is 13.8 Å². The number of hydrogen-bond acceptors (Lipinski definition) is 16. The summed E-state index contributed by atoms with van der Waals surface area (Å²) in [6.45, 7) is 17.6. The monoisotopic (exact) mass is 828 g/mol. The van der Waals surface area contributed by atoms with E-state index in [4.69, 9.17) is 55.7 Å². The summed E-state index contributed by atoms with van der Waals surface area (Å²) >= 11 is 0. The molecule has 0 radical (unpaired) electrons. The van der Waals surface area contributed by atoms with E-state index in [1.54, 1.807) is 52.0 Å². The zero-order valence-corrected chi connectivity index (χ0v) is 34.9. The van der Waals surface area contributed by atoms with Gasteiger partial charge in [0, 0.05) is 0 Å². The molecule has 0 N–H and O–H groups in total. The molecule has 6 saturated heterocycles. The third-order valence-corrected chi connectivity index (χ3v) is 12.6. The van der Waals surface area contributed by atoms with Gasteiger partial charge in [0.25, 0.3) is 20.2 Å². The van der Waals surface area contributed by atoms with Crippen molar-refractivity contribution in [2.45, 2.75) is 150 Å². The first-order chi connectivity index (χ1) is 25.8. The molecule has 0 amide bonds. The Balaban J connectivity index is 0.000000172. The van der Waals surface area contributed by atoms with Crippen LogP contribution in [0.2, 0.25) is 0 Å². The van der Waals surface area contributed by atoms with Crippen LogP contribution in [0.15, 0.2) is 58.3 Å². The quantitative estimate of drug-likeness (QED) is 0.346. The molecule has 8 atom stereocenters. The second-order valence-corrected chi connectivity index (χ2v) is 19.9. The van der Waals surface area contributed by atoms with Gasteiger partial charge in [0.05, 0.1) is 23.0 Å². The molecular formula is C38H52O16S2. The molecule has 2 aromatic rings. The Hall–Kier alpha value is -2.14. The summed E-state index contributed by atoms with van der Waals surface area (Å²) in [6, 6.07) is 12.9. The van der Waals surface area contributed by atoms with Gasteiger partial charge in [-0.15, -0.1) is 0 Å². The van der Waals surface area contributed by atoms with Crippen molar-refractivity contribution in [1.29, 1.82) is 0 Å². The smallest absolute Gasteiger partial charge is 0.297 e. The summed E-state index contributed by atoms with van der Waals surface area (Å²) in [4.78, 5) is 0.138. The molecule has 0 unspecified atom stereocenters. The summed E-state index contributed by atoms with van der Waals surface area (Å²) in [7, 11) is -7.98. The largest absolute Gasteiger partial charge is 0.343 e. The van der Waals surface area contributed by atoms with Crippen molar-refractivity contribution in [1.82, 2.24) is 0 Å². The standard InChI is InChI=1S/2C19H26O8S/c2*1-12-6-8-13(9-7-12)28(20,21)23-11-19-16(26-18(4,5)27-19)15-14(10-22-19)24-17(2,3)25-15/h2*6-9,14-16H,10-11H2,1-5H3/t2*14-,15-,16+,19+/m11/s1. The van der Waals surface area contributed by atoms with Gasteiger partial charge in [0.1, 0.15) is 49.8 Å². The average molecular weight is 829 g/mol. The highest BCUT2D eigenvalue weighted by Gasteiger charge is 2.67. The minimum atomic E-state index is -3.99. The third-order valence-electron chi connectivity index (χ3n) is 10.00. The van der Waals surface area contributed by atoms with Crippen molar-refractivity contribution < 1.29 is 72.6 Å². The Bertz CT molecular complexity index is 1840. The van der Waals surface area contributed by atoms with Crippen molar-refractivity contribution in [3.05, 3.63) is 59.7 Å². The van der Waals surface area contributed by atoms with Crippen LogP contribution in [0.3, 0.4) is 0 Å². The molecule has 6 heterocycles. The van der Waals surface area contributed by atoms with E-state index in [9.17, 15) is 16.8 Å². The lowest BCUT2D eigenvalue weighted by molar-refractivity contribution is -0.290. The topological polar surface area (TPSA) is 179 Å². The first-order valence-electron chi connectivity index (χ1n) is 18.5. The third kappa shape index (κ3) is 8.47. The van der Waals surface area contributed by atoms with E-state index in [2.05, 4.69) is 0 Å². The number of aryl methyl sites for hydroxylation is 2. The number of benzene rings is 2. The fourth-order valence-electron chi connectivity index (χ4n) is 7.76. The highest BCUT2D eigenvalue weighted by atomic mass is 32.2. The average Bonchev–Trinajstić information content (AvgIpc) is 3.77. The van der Waals surface area contributed by atoms with Gasteiger partial charge in [-0.2, -0.15) is 16.8 Å². The van der Waals surface area contributed by atoms with E-state index < -0.39 is 79.4 Å². The minimum absolute atomic E-state index is 0.0690. The van der Waals surface area contributed by atoms with Gasteiger partial charge in [-0.1, -0.05) is 35.4 Å². The predicted octanol–water partition coefficient (Wildman–Crippen LogP) is 4.20. The molecule has 16 nitrogen and oxygen atoms in total. The van der Waals surface area contributed by atoms with E-state index in [0.717, 1.165) is 11.1 Å². The molecule has 0 aliphatic carbocycles. The van der Waals surface area contributed by atoms with Crippen molar-refractivity contribution >= 4 is 20.2 Å². The van der Waals surface area contributed by atoms with Crippen LogP contribution in [-0.2, 0) is 76.0 Å². The zero-order valence-electron chi connectivity index (χ0n) is 33.3. The fourth-order valence-corrected chi connectivity index (χ4v) is 9.61. The van der Waals surface area contributed by atoms with Crippen molar-refractivity contribution in [2.24, 2.45) is 0 Å². The summed E-state index contributed by atoms with van der Waals surface area (Å²) < 4.78 is 121. The number of rotatable bonds is 8. The summed E-state index contributed by atoms with van der Waals surface area (Å²) in [6.07, 6.45) is -2.99. The van der Waals surface area contributed by atoms with E-state index in [-0.39, 0.29) is 48.4 Å². The van der Waals surface area contributed by atoms with Crippen LogP contribution in [0.4, 0.5) is 0 Å². The first kappa shape index (κ1) is 42.0. The SMILES string of the molecule is Cc1ccc(S(=O)(=O)OC[C@@]23OC[C@H]4OC(C)(C)O[C@H]4[C@@H]2OC(C)(C)O3)cc1.Cc1ccc(S(=O)(=O)OC[C@@]23OC[C@H]4OC(C)(C)O[C@H]4[C@@H]2OC(C)(C)O3)cc1. The highest BCUT2D eigenvalue weighted by Crippen LogP contribution is 2.49. The summed E-state index contributed by atoms with van der Waals surface area (Å²) in [5.41, 5.74) is 1.91. The Kier molecular flexibility index (Phi) is 10.7. The fraction of sp³-hybridized carbons (Fsp3) is 0.684. The molecule has 0 bridgehead atoms. The molecule has 6 aliphatic heterocycles. The van der Waals surface area contributed by atoms with Crippen LogP contribution in [0.5, 0.6) is 0 Å². The summed E-state index contributed by atoms with van der Waals surface area (Å²) in [5, 5.41) is 0. The predicted molar refractivity (Wildman–Crippen MR) is 194 cm³/mol. The molecule has 56 heavy (non-hydrogen) atoms. The minimum Gasteiger partial charge on any atom is -0.343 e. The van der Waals surface area contributed by atoms with Crippen molar-refractivity contribution in [3.8, 4) is 0 Å². The van der Waals surface area contributed by atoms with Gasteiger partial charge in [0.15, 0.2) is 23.1 Å². The lowest BCUT2D eigenvalue weighted by Crippen LogP contribution is -2.60. The van der Waals surface area contributed by atoms with Gasteiger partial charge in [-0.25, -0.2) is 0 Å². The maximum atomic E-state index is 12.6. The van der Waals surface area contributed by atoms with Crippen LogP contribution < -0.4 is 0 Å². The molecule has 312 valence electrons. The first-order valence-corrected chi connectivity index (χ1v) is 21.3. The second-order valence-electron chi connectivity index (χ2n) is 16.7. The molecular weight excluding hydrogens is 777 g/mol. The van der Waals surface area contributed by atoms with Gasteiger partial charge in [-0.3, -0.25) is 8.37 Å². The Morgan fingerprint density at radius 3 is 1.20 bits per heavy atom. The van der Waals surface area contributed by atoms with Crippen LogP contribution >= 0.6 is 0 Å². The molecule has 8 rings (SSSR count). The lowest BCUT2D eigenvalue weighted by atomic mass is 9.98. The van der Waals surface area contributed by atoms with E-state index >= 15 is 0 Å². The lowest BCUT2D eigenvalue weighted by Gasteiger charge is -2.40. The van der Waals surface area contributed by atoms with Crippen LogP contribution in [0.25, 0.3) is 0 Å². The van der Waals surface area contributed by atoms with E-state index in [1.807, 2.05) is 41.5 Å². The highest BCUT2D eigenvalue weighted by molar-refractivity contribution is 7.87. The van der Waals surface area contributed by atoms with Gasteiger partial charge < -0.3 is 47.4 Å². The zero-order chi connectivity index (χ0) is 40.7. The second kappa shape index (κ2) is 14.3. The van der Waals surface area contributed by atoms with E-state index in [1.165, 1.54) is 24.3 Å². The normalized spacial score (nSPS) is 36.1. The van der Waals surface area contributed by atoms with Crippen molar-refractivity contribution in [2.75, 3.05) is 26.4 Å². The Labute approximate surface area is 328 Å². The number of fused-ring (bicyclic) bond motifs is 6. The molecule has 6 fully saturated rings. The van der Waals surface area contributed by atoms with Gasteiger partial charge >= 0.3 is 0 Å². The molecule has 2 aromatic carbocycles. The van der Waals surface area contributed by atoms with E-state index in [0.29, 0.717) is 0 Å². The van der Waals surface area contributed by atoms with Crippen LogP contribution in [-0.4, -0.2) is 115 Å². The van der Waals surface area contributed by atoms with Gasteiger partial charge in [-0.05, 0) is 93.5 Å².